The SMILES string of the molecule is NCCNCCN.O=C/C=C/c1ccccc1. The highest BCUT2D eigenvalue weighted by Crippen LogP contribution is 1.99. The summed E-state index contributed by atoms with van der Waals surface area (Å²) in [5.74, 6) is 0. The fraction of sp³-hybridized carbons (Fsp3) is 0.308. The molecule has 0 aliphatic carbocycles. The summed E-state index contributed by atoms with van der Waals surface area (Å²) < 4.78 is 0. The Kier molecular flexibility index (Phi) is 11.5. The van der Waals surface area contributed by atoms with E-state index >= 15 is 0 Å². The van der Waals surface area contributed by atoms with Crippen molar-refractivity contribution in [2.75, 3.05) is 26.2 Å². The van der Waals surface area contributed by atoms with Crippen LogP contribution >= 0.6 is 0 Å². The minimum Gasteiger partial charge on any atom is -0.329 e. The van der Waals surface area contributed by atoms with E-state index < -0.39 is 0 Å². The van der Waals surface area contributed by atoms with Crippen molar-refractivity contribution in [1.82, 2.24) is 5.32 Å². The summed E-state index contributed by atoms with van der Waals surface area (Å²) in [5, 5.41) is 3.03. The molecule has 0 aliphatic rings. The van der Waals surface area contributed by atoms with E-state index in [0.717, 1.165) is 24.9 Å². The van der Waals surface area contributed by atoms with E-state index in [2.05, 4.69) is 5.32 Å². The van der Waals surface area contributed by atoms with Crippen LogP contribution in [0.4, 0.5) is 0 Å². The van der Waals surface area contributed by atoms with Gasteiger partial charge in [-0.2, -0.15) is 0 Å². The Labute approximate surface area is 103 Å². The average molecular weight is 235 g/mol. The summed E-state index contributed by atoms with van der Waals surface area (Å²) in [6, 6.07) is 9.70. The van der Waals surface area contributed by atoms with Gasteiger partial charge in [0.05, 0.1) is 0 Å². The predicted molar refractivity (Wildman–Crippen MR) is 72.5 cm³/mol. The molecule has 0 amide bonds. The topological polar surface area (TPSA) is 81.1 Å². The van der Waals surface area contributed by atoms with E-state index in [0.29, 0.717) is 13.1 Å². The second-order valence-corrected chi connectivity index (χ2v) is 3.23. The van der Waals surface area contributed by atoms with Crippen molar-refractivity contribution in [3.05, 3.63) is 42.0 Å². The number of carbonyl (C=O) groups excluding carboxylic acids is 1. The van der Waals surface area contributed by atoms with Crippen LogP contribution in [0.15, 0.2) is 36.4 Å². The molecular weight excluding hydrogens is 214 g/mol. The molecule has 4 nitrogen and oxygen atoms in total. The maximum atomic E-state index is 9.89. The van der Waals surface area contributed by atoms with Crippen LogP contribution in [-0.4, -0.2) is 32.5 Å². The van der Waals surface area contributed by atoms with Crippen molar-refractivity contribution in [3.8, 4) is 0 Å². The van der Waals surface area contributed by atoms with Gasteiger partial charge < -0.3 is 16.8 Å². The first-order valence-corrected chi connectivity index (χ1v) is 5.63. The van der Waals surface area contributed by atoms with Crippen LogP contribution in [0, 0.1) is 0 Å². The number of nitrogens with two attached hydrogens (primary N) is 2. The maximum absolute atomic E-state index is 9.89. The van der Waals surface area contributed by atoms with Crippen molar-refractivity contribution in [3.63, 3.8) is 0 Å². The fourth-order valence-corrected chi connectivity index (χ4v) is 1.04. The molecule has 0 heterocycles. The van der Waals surface area contributed by atoms with Gasteiger partial charge in [0.25, 0.3) is 0 Å². The zero-order valence-electron chi connectivity index (χ0n) is 10.0. The van der Waals surface area contributed by atoms with Gasteiger partial charge in [0.15, 0.2) is 0 Å². The number of allylic oxidation sites excluding steroid dienone is 1. The van der Waals surface area contributed by atoms with Crippen molar-refractivity contribution in [2.24, 2.45) is 11.5 Å². The molecule has 0 aromatic heterocycles. The summed E-state index contributed by atoms with van der Waals surface area (Å²) in [4.78, 5) is 9.89. The maximum Gasteiger partial charge on any atom is 0.142 e. The quantitative estimate of drug-likeness (QED) is 0.378. The Morgan fingerprint density at radius 3 is 2.12 bits per heavy atom. The van der Waals surface area contributed by atoms with Crippen LogP contribution in [-0.2, 0) is 4.79 Å². The molecule has 0 unspecified atom stereocenters. The van der Waals surface area contributed by atoms with E-state index in [1.54, 1.807) is 6.08 Å². The van der Waals surface area contributed by atoms with Crippen molar-refractivity contribution in [1.29, 1.82) is 0 Å². The molecule has 94 valence electrons. The first kappa shape index (κ1) is 15.5. The Hall–Kier alpha value is -1.49. The Morgan fingerprint density at radius 2 is 1.65 bits per heavy atom. The minimum atomic E-state index is 0.694. The molecule has 4 heteroatoms. The van der Waals surface area contributed by atoms with Gasteiger partial charge in [-0.3, -0.25) is 4.79 Å². The Bertz CT molecular complexity index is 295. The van der Waals surface area contributed by atoms with Gasteiger partial charge in [0.2, 0.25) is 0 Å². The molecule has 1 rings (SSSR count). The third-order valence-corrected chi connectivity index (χ3v) is 1.81. The lowest BCUT2D eigenvalue weighted by Crippen LogP contribution is -2.27. The van der Waals surface area contributed by atoms with Gasteiger partial charge in [-0.25, -0.2) is 0 Å². The smallest absolute Gasteiger partial charge is 0.142 e. The predicted octanol–water partition coefficient (Wildman–Crippen LogP) is 0.392. The van der Waals surface area contributed by atoms with Crippen molar-refractivity contribution < 1.29 is 4.79 Å². The highest BCUT2D eigenvalue weighted by atomic mass is 16.1. The van der Waals surface area contributed by atoms with E-state index in [1.165, 1.54) is 6.08 Å². The molecule has 5 N–H and O–H groups in total. The molecule has 0 spiro atoms. The summed E-state index contributed by atoms with van der Waals surface area (Å²) in [5.41, 5.74) is 11.4. The van der Waals surface area contributed by atoms with Crippen molar-refractivity contribution >= 4 is 12.4 Å². The number of hydrogen-bond donors (Lipinski definition) is 3. The molecule has 17 heavy (non-hydrogen) atoms. The monoisotopic (exact) mass is 235 g/mol. The van der Waals surface area contributed by atoms with Crippen LogP contribution in [0.25, 0.3) is 6.08 Å². The lowest BCUT2D eigenvalue weighted by Gasteiger charge is -1.95. The highest BCUT2D eigenvalue weighted by molar-refractivity contribution is 5.73. The standard InChI is InChI=1S/C9H8O.C4H13N3/c10-8-4-7-9-5-2-1-3-6-9;5-1-3-7-4-2-6/h1-8H;7H,1-6H2/b7-4+;. The number of benzene rings is 1. The van der Waals surface area contributed by atoms with Crippen LogP contribution in [0.2, 0.25) is 0 Å². The van der Waals surface area contributed by atoms with Gasteiger partial charge in [-0.1, -0.05) is 36.4 Å². The van der Waals surface area contributed by atoms with Gasteiger partial charge >= 0.3 is 0 Å². The minimum absolute atomic E-state index is 0.694. The van der Waals surface area contributed by atoms with E-state index in [-0.39, 0.29) is 0 Å². The third kappa shape index (κ3) is 10.8. The molecule has 0 aliphatic heterocycles. The zero-order chi connectivity index (χ0) is 12.8. The van der Waals surface area contributed by atoms with Crippen LogP contribution in [0.5, 0.6) is 0 Å². The Morgan fingerprint density at radius 1 is 1.06 bits per heavy atom. The van der Waals surface area contributed by atoms with E-state index in [4.69, 9.17) is 11.5 Å². The molecule has 0 atom stereocenters. The highest BCUT2D eigenvalue weighted by Gasteiger charge is 1.79. The summed E-state index contributed by atoms with van der Waals surface area (Å²) in [6.45, 7) is 3.13. The van der Waals surface area contributed by atoms with Gasteiger partial charge in [-0.05, 0) is 11.6 Å². The number of rotatable bonds is 6. The lowest BCUT2D eigenvalue weighted by molar-refractivity contribution is -0.104. The van der Waals surface area contributed by atoms with Gasteiger partial charge in [-0.15, -0.1) is 0 Å². The molecule has 0 saturated heterocycles. The normalized spacial score (nSPS) is 9.76. The molecule has 0 fully saturated rings. The first-order chi connectivity index (χ1) is 8.35. The largest absolute Gasteiger partial charge is 0.329 e. The number of aldehydes is 1. The molecular formula is C13H21N3O. The average Bonchev–Trinajstić information content (AvgIpc) is 2.39. The second-order valence-electron chi connectivity index (χ2n) is 3.23. The van der Waals surface area contributed by atoms with Crippen LogP contribution in [0.1, 0.15) is 5.56 Å². The second kappa shape index (κ2) is 12.6. The molecule has 0 radical (unpaired) electrons. The van der Waals surface area contributed by atoms with Gasteiger partial charge in [0, 0.05) is 26.2 Å². The fourth-order valence-electron chi connectivity index (χ4n) is 1.04. The van der Waals surface area contributed by atoms with E-state index in [1.807, 2.05) is 30.3 Å². The molecule has 1 aromatic carbocycles. The number of nitrogens with one attached hydrogen (secondary N) is 1. The van der Waals surface area contributed by atoms with Crippen molar-refractivity contribution in [2.45, 2.75) is 0 Å². The third-order valence-electron chi connectivity index (χ3n) is 1.81. The summed E-state index contributed by atoms with van der Waals surface area (Å²) >= 11 is 0. The first-order valence-electron chi connectivity index (χ1n) is 5.63. The summed E-state index contributed by atoms with van der Waals surface area (Å²) in [7, 11) is 0. The van der Waals surface area contributed by atoms with Gasteiger partial charge in [0.1, 0.15) is 6.29 Å². The molecule has 0 bridgehead atoms. The van der Waals surface area contributed by atoms with E-state index in [9.17, 15) is 4.79 Å². The lowest BCUT2D eigenvalue weighted by atomic mass is 10.2. The van der Waals surface area contributed by atoms with Crippen LogP contribution in [0.3, 0.4) is 0 Å². The molecule has 1 aromatic rings. The number of hydrogen-bond acceptors (Lipinski definition) is 4. The van der Waals surface area contributed by atoms with Crippen LogP contribution < -0.4 is 16.8 Å². The molecule has 0 saturated carbocycles. The summed E-state index contributed by atoms with van der Waals surface area (Å²) in [6.07, 6.45) is 4.02. The zero-order valence-corrected chi connectivity index (χ0v) is 10.0. The Balaban J connectivity index is 0.000000325. The number of carbonyl (C=O) groups is 1.